The number of piperidine rings is 1. The fourth-order valence-corrected chi connectivity index (χ4v) is 3.98. The number of aromatic nitrogens is 3. The molecule has 1 aliphatic heterocycles. The van der Waals surface area contributed by atoms with Gasteiger partial charge in [-0.2, -0.15) is 0 Å². The minimum Gasteiger partial charge on any atom is -0.438 e. The number of rotatable bonds is 7. The number of nitrogens with zero attached hydrogens (tertiary/aromatic N) is 3. The van der Waals surface area contributed by atoms with Gasteiger partial charge in [-0.1, -0.05) is 0 Å². The van der Waals surface area contributed by atoms with Crippen molar-refractivity contribution in [1.29, 1.82) is 0 Å². The third kappa shape index (κ3) is 5.71. The molecule has 0 spiro atoms. The molecule has 1 saturated heterocycles. The molecule has 1 aliphatic rings. The Morgan fingerprint density at radius 3 is 2.72 bits per heavy atom. The van der Waals surface area contributed by atoms with Crippen LogP contribution in [0.2, 0.25) is 0 Å². The minimum absolute atomic E-state index is 0.0152. The van der Waals surface area contributed by atoms with Crippen molar-refractivity contribution in [2.45, 2.75) is 37.8 Å². The standard InChI is InChI=1S/C24H25F3N6O3/c1-14(22(34)32-20-11-30-21(12-29-20)36-18-4-2-17(25)3-5-18)33-7-6-24(26,27)19(13-33)16-8-15(9-28)23(35)31-10-16/h2-5,8,10-12,14,19H,6-7,9,13,28H2,1H3,(H,31,35)(H,29,32,34)/t14?,19-/m1/s1. The second-order valence-corrected chi connectivity index (χ2v) is 8.51. The van der Waals surface area contributed by atoms with E-state index in [1.807, 2.05) is 0 Å². The number of hydrogen-bond acceptors (Lipinski definition) is 7. The van der Waals surface area contributed by atoms with Crippen LogP contribution >= 0.6 is 0 Å². The zero-order valence-electron chi connectivity index (χ0n) is 19.4. The predicted molar refractivity (Wildman–Crippen MR) is 125 cm³/mol. The van der Waals surface area contributed by atoms with E-state index in [-0.39, 0.29) is 42.5 Å². The van der Waals surface area contributed by atoms with E-state index in [2.05, 4.69) is 20.3 Å². The maximum atomic E-state index is 14.8. The SMILES string of the molecule is CC(C(=O)Nc1cnc(Oc2ccc(F)cc2)cn1)N1CCC(F)(F)[C@@H](c2c[nH]c(=O)c(CN)c2)C1. The van der Waals surface area contributed by atoms with Gasteiger partial charge >= 0.3 is 0 Å². The van der Waals surface area contributed by atoms with Gasteiger partial charge in [0.1, 0.15) is 11.6 Å². The lowest BCUT2D eigenvalue weighted by Gasteiger charge is -2.40. The molecule has 3 aromatic rings. The number of pyridine rings is 1. The van der Waals surface area contributed by atoms with Crippen LogP contribution in [0.4, 0.5) is 19.0 Å². The first-order valence-electron chi connectivity index (χ1n) is 11.3. The summed E-state index contributed by atoms with van der Waals surface area (Å²) in [6, 6.07) is 6.03. The van der Waals surface area contributed by atoms with Crippen molar-refractivity contribution >= 4 is 11.7 Å². The Morgan fingerprint density at radius 1 is 1.31 bits per heavy atom. The lowest BCUT2D eigenvalue weighted by atomic mass is 9.86. The molecular formula is C24H25F3N6O3. The van der Waals surface area contributed by atoms with Crippen LogP contribution < -0.4 is 21.3 Å². The van der Waals surface area contributed by atoms with E-state index in [0.29, 0.717) is 5.75 Å². The fourth-order valence-electron chi connectivity index (χ4n) is 3.98. The van der Waals surface area contributed by atoms with Crippen molar-refractivity contribution in [3.05, 3.63) is 76.2 Å². The van der Waals surface area contributed by atoms with E-state index in [1.165, 1.54) is 48.9 Å². The summed E-state index contributed by atoms with van der Waals surface area (Å²) < 4.78 is 48.1. The summed E-state index contributed by atoms with van der Waals surface area (Å²) in [6.07, 6.45) is 3.43. The van der Waals surface area contributed by atoms with Crippen molar-refractivity contribution in [3.63, 3.8) is 0 Å². The van der Waals surface area contributed by atoms with Crippen LogP contribution in [0.5, 0.6) is 11.6 Å². The molecule has 36 heavy (non-hydrogen) atoms. The Balaban J connectivity index is 1.40. The van der Waals surface area contributed by atoms with Crippen LogP contribution in [-0.2, 0) is 11.3 Å². The van der Waals surface area contributed by atoms with Crippen LogP contribution in [0.25, 0.3) is 0 Å². The summed E-state index contributed by atoms with van der Waals surface area (Å²) in [6.45, 7) is 1.47. The summed E-state index contributed by atoms with van der Waals surface area (Å²) >= 11 is 0. The average molecular weight is 502 g/mol. The highest BCUT2D eigenvalue weighted by molar-refractivity contribution is 5.93. The Morgan fingerprint density at radius 2 is 2.06 bits per heavy atom. The number of carbonyl (C=O) groups is 1. The van der Waals surface area contributed by atoms with Crippen LogP contribution in [0.1, 0.15) is 30.4 Å². The molecule has 4 rings (SSSR count). The molecule has 12 heteroatoms. The number of halogens is 3. The first-order valence-corrected chi connectivity index (χ1v) is 11.3. The Labute approximate surface area is 204 Å². The Bertz CT molecular complexity index is 1270. The number of alkyl halides is 2. The van der Waals surface area contributed by atoms with Gasteiger partial charge < -0.3 is 20.8 Å². The Kier molecular flexibility index (Phi) is 7.36. The molecule has 1 fully saturated rings. The van der Waals surface area contributed by atoms with Crippen molar-refractivity contribution in [1.82, 2.24) is 19.9 Å². The van der Waals surface area contributed by atoms with E-state index < -0.39 is 41.6 Å². The number of benzene rings is 1. The number of anilines is 1. The monoisotopic (exact) mass is 502 g/mol. The quantitative estimate of drug-likeness (QED) is 0.453. The number of carbonyl (C=O) groups excluding carboxylic acids is 1. The zero-order valence-corrected chi connectivity index (χ0v) is 19.4. The number of ether oxygens (including phenoxy) is 1. The number of likely N-dealkylation sites (tertiary alicyclic amines) is 1. The van der Waals surface area contributed by atoms with E-state index in [4.69, 9.17) is 10.5 Å². The molecule has 3 heterocycles. The highest BCUT2D eigenvalue weighted by atomic mass is 19.3. The summed E-state index contributed by atoms with van der Waals surface area (Å²) in [4.78, 5) is 36.9. The second kappa shape index (κ2) is 10.5. The molecular weight excluding hydrogens is 477 g/mol. The molecule has 2 atom stereocenters. The third-order valence-electron chi connectivity index (χ3n) is 6.13. The van der Waals surface area contributed by atoms with Crippen molar-refractivity contribution < 1.29 is 22.7 Å². The summed E-state index contributed by atoms with van der Waals surface area (Å²) in [7, 11) is 0. The number of aromatic amines is 1. The molecule has 2 aromatic heterocycles. The van der Waals surface area contributed by atoms with E-state index >= 15 is 0 Å². The van der Waals surface area contributed by atoms with Crippen LogP contribution in [0, 0.1) is 5.82 Å². The van der Waals surface area contributed by atoms with Crippen LogP contribution in [0.15, 0.2) is 53.7 Å². The lowest BCUT2D eigenvalue weighted by Crippen LogP contribution is -2.52. The lowest BCUT2D eigenvalue weighted by molar-refractivity contribution is -0.125. The van der Waals surface area contributed by atoms with Gasteiger partial charge in [-0.05, 0) is 42.8 Å². The summed E-state index contributed by atoms with van der Waals surface area (Å²) in [5.74, 6) is -4.40. The topological polar surface area (TPSA) is 126 Å². The van der Waals surface area contributed by atoms with Crippen molar-refractivity contribution in [3.8, 4) is 11.6 Å². The summed E-state index contributed by atoms with van der Waals surface area (Å²) in [5, 5.41) is 2.63. The smallest absolute Gasteiger partial charge is 0.257 e. The van der Waals surface area contributed by atoms with Crippen molar-refractivity contribution in [2.75, 3.05) is 18.4 Å². The second-order valence-electron chi connectivity index (χ2n) is 8.51. The minimum atomic E-state index is -3.01. The number of nitrogens with one attached hydrogen (secondary N) is 2. The first kappa shape index (κ1) is 25.3. The number of amides is 1. The van der Waals surface area contributed by atoms with Crippen LogP contribution in [-0.4, -0.2) is 50.8 Å². The van der Waals surface area contributed by atoms with Gasteiger partial charge in [-0.25, -0.2) is 23.1 Å². The average Bonchev–Trinajstić information content (AvgIpc) is 2.86. The zero-order chi connectivity index (χ0) is 25.9. The molecule has 0 radical (unpaired) electrons. The molecule has 0 saturated carbocycles. The first-order chi connectivity index (χ1) is 17.2. The van der Waals surface area contributed by atoms with E-state index in [0.717, 1.165) is 0 Å². The normalized spacial score (nSPS) is 18.4. The van der Waals surface area contributed by atoms with Crippen LogP contribution in [0.3, 0.4) is 0 Å². The highest BCUT2D eigenvalue weighted by Crippen LogP contribution is 2.40. The summed E-state index contributed by atoms with van der Waals surface area (Å²) in [5.41, 5.74) is 5.62. The van der Waals surface area contributed by atoms with Gasteiger partial charge in [0, 0.05) is 37.8 Å². The van der Waals surface area contributed by atoms with Gasteiger partial charge in [0.2, 0.25) is 11.8 Å². The molecule has 0 bridgehead atoms. The maximum absolute atomic E-state index is 14.8. The maximum Gasteiger partial charge on any atom is 0.257 e. The molecule has 4 N–H and O–H groups in total. The fraction of sp³-hybridized carbons (Fsp3) is 0.333. The van der Waals surface area contributed by atoms with Gasteiger partial charge in [-0.15, -0.1) is 0 Å². The molecule has 1 unspecified atom stereocenters. The number of nitrogens with two attached hydrogens (primary N) is 1. The van der Waals surface area contributed by atoms with Gasteiger partial charge in [0.05, 0.1) is 24.4 Å². The highest BCUT2D eigenvalue weighted by Gasteiger charge is 2.46. The van der Waals surface area contributed by atoms with Crippen molar-refractivity contribution in [2.24, 2.45) is 5.73 Å². The van der Waals surface area contributed by atoms with Gasteiger partial charge in [0.25, 0.3) is 11.5 Å². The third-order valence-corrected chi connectivity index (χ3v) is 6.13. The molecule has 0 aliphatic carbocycles. The molecule has 1 aromatic carbocycles. The molecule has 190 valence electrons. The number of hydrogen-bond donors (Lipinski definition) is 3. The van der Waals surface area contributed by atoms with E-state index in [9.17, 15) is 22.8 Å². The van der Waals surface area contributed by atoms with Gasteiger partial charge in [0.15, 0.2) is 5.82 Å². The van der Waals surface area contributed by atoms with Gasteiger partial charge in [-0.3, -0.25) is 14.5 Å². The Hall–Kier alpha value is -3.77. The molecule has 1 amide bonds. The predicted octanol–water partition coefficient (Wildman–Crippen LogP) is 3.01. The number of H-pyrrole nitrogens is 1. The molecule has 9 nitrogen and oxygen atoms in total. The largest absolute Gasteiger partial charge is 0.438 e. The van der Waals surface area contributed by atoms with E-state index in [1.54, 1.807) is 11.8 Å².